The molecule has 24 heavy (non-hydrogen) atoms. The first kappa shape index (κ1) is 17.4. The van der Waals surface area contributed by atoms with E-state index < -0.39 is 0 Å². The van der Waals surface area contributed by atoms with Gasteiger partial charge in [0, 0.05) is 11.1 Å². The molecule has 0 bridgehead atoms. The van der Waals surface area contributed by atoms with Gasteiger partial charge in [-0.2, -0.15) is 0 Å². The Hall–Kier alpha value is -2.93. The van der Waals surface area contributed by atoms with E-state index in [4.69, 9.17) is 17.0 Å². The zero-order valence-corrected chi connectivity index (χ0v) is 14.1. The van der Waals surface area contributed by atoms with Crippen LogP contribution in [0.15, 0.2) is 48.5 Å². The second kappa shape index (κ2) is 8.07. The van der Waals surface area contributed by atoms with Crippen LogP contribution in [0.1, 0.15) is 26.3 Å². The zero-order chi connectivity index (χ0) is 17.5. The molecule has 3 N–H and O–H groups in total. The molecule has 124 valence electrons. The largest absolute Gasteiger partial charge is 0.497 e. The molecule has 2 amide bonds. The van der Waals surface area contributed by atoms with Crippen molar-refractivity contribution in [3.8, 4) is 5.75 Å². The molecule has 2 rings (SSSR count). The second-order valence-corrected chi connectivity index (χ2v) is 5.37. The number of carbonyl (C=O) groups excluding carboxylic acids is 2. The predicted molar refractivity (Wildman–Crippen MR) is 94.8 cm³/mol. The number of thiocarbonyl (C=S) groups is 1. The molecule has 2 aromatic rings. The van der Waals surface area contributed by atoms with E-state index in [0.717, 1.165) is 5.56 Å². The number of rotatable bonds is 3. The van der Waals surface area contributed by atoms with E-state index >= 15 is 0 Å². The van der Waals surface area contributed by atoms with Gasteiger partial charge in [0.15, 0.2) is 5.11 Å². The summed E-state index contributed by atoms with van der Waals surface area (Å²) in [5.41, 5.74) is 6.79. The predicted octanol–water partition coefficient (Wildman–Crippen LogP) is 1.95. The van der Waals surface area contributed by atoms with Crippen molar-refractivity contribution in [2.24, 2.45) is 0 Å². The lowest BCUT2D eigenvalue weighted by atomic mass is 10.1. The lowest BCUT2D eigenvalue weighted by Gasteiger charge is -2.11. The van der Waals surface area contributed by atoms with Crippen molar-refractivity contribution in [2.45, 2.75) is 6.92 Å². The highest BCUT2D eigenvalue weighted by Gasteiger charge is 2.09. The number of hydrazine groups is 1. The molecule has 0 aromatic heterocycles. The van der Waals surface area contributed by atoms with Crippen LogP contribution in [-0.4, -0.2) is 24.0 Å². The van der Waals surface area contributed by atoms with E-state index in [1.165, 1.54) is 0 Å². The summed E-state index contributed by atoms with van der Waals surface area (Å²) in [5.74, 6) is -0.0832. The zero-order valence-electron chi connectivity index (χ0n) is 13.3. The van der Waals surface area contributed by atoms with E-state index in [1.807, 2.05) is 13.0 Å². The third-order valence-electron chi connectivity index (χ3n) is 3.15. The molecule has 6 nitrogen and oxygen atoms in total. The molecular formula is C17H17N3O3S. The van der Waals surface area contributed by atoms with Crippen molar-refractivity contribution in [1.82, 2.24) is 16.2 Å². The number of carbonyl (C=O) groups is 2. The van der Waals surface area contributed by atoms with Gasteiger partial charge in [0.1, 0.15) is 5.75 Å². The Morgan fingerprint density at radius 3 is 2.29 bits per heavy atom. The van der Waals surface area contributed by atoms with E-state index in [2.05, 4.69) is 16.2 Å². The van der Waals surface area contributed by atoms with Gasteiger partial charge in [-0.15, -0.1) is 0 Å². The van der Waals surface area contributed by atoms with E-state index in [1.54, 1.807) is 49.6 Å². The summed E-state index contributed by atoms with van der Waals surface area (Å²) in [4.78, 5) is 24.0. The molecule has 0 aliphatic heterocycles. The molecule has 0 unspecified atom stereocenters. The van der Waals surface area contributed by atoms with Crippen molar-refractivity contribution >= 4 is 29.1 Å². The van der Waals surface area contributed by atoms with Crippen LogP contribution in [0.5, 0.6) is 5.75 Å². The van der Waals surface area contributed by atoms with E-state index in [9.17, 15) is 9.59 Å². The highest BCUT2D eigenvalue weighted by molar-refractivity contribution is 7.80. The van der Waals surface area contributed by atoms with Gasteiger partial charge in [0.25, 0.3) is 11.8 Å². The average Bonchev–Trinajstić information content (AvgIpc) is 2.59. The summed E-state index contributed by atoms with van der Waals surface area (Å²) in [6.07, 6.45) is 0. The van der Waals surface area contributed by atoms with Crippen molar-refractivity contribution in [2.75, 3.05) is 7.11 Å². The van der Waals surface area contributed by atoms with Gasteiger partial charge in [0.2, 0.25) is 0 Å². The molecule has 0 saturated carbocycles. The third-order valence-corrected chi connectivity index (χ3v) is 3.35. The second-order valence-electron chi connectivity index (χ2n) is 4.96. The third kappa shape index (κ3) is 4.79. The molecule has 7 heteroatoms. The quantitative estimate of drug-likeness (QED) is 0.586. The first-order valence-corrected chi connectivity index (χ1v) is 7.53. The van der Waals surface area contributed by atoms with Gasteiger partial charge < -0.3 is 4.74 Å². The molecule has 0 saturated heterocycles. The van der Waals surface area contributed by atoms with Crippen LogP contribution in [0.4, 0.5) is 0 Å². The number of methoxy groups -OCH3 is 1. The summed E-state index contributed by atoms with van der Waals surface area (Å²) in [6.45, 7) is 1.89. The molecule has 2 aromatic carbocycles. The van der Waals surface area contributed by atoms with Crippen LogP contribution in [0, 0.1) is 6.92 Å². The Balaban J connectivity index is 1.86. The van der Waals surface area contributed by atoms with Crippen LogP contribution >= 0.6 is 12.2 Å². The first-order chi connectivity index (χ1) is 11.5. The SMILES string of the molecule is COc1ccc(C(=O)NNC(=S)NC(=O)c2cccc(C)c2)cc1. The van der Waals surface area contributed by atoms with Crippen molar-refractivity contribution < 1.29 is 14.3 Å². The van der Waals surface area contributed by atoms with Crippen molar-refractivity contribution in [3.05, 3.63) is 65.2 Å². The highest BCUT2D eigenvalue weighted by atomic mass is 32.1. The minimum Gasteiger partial charge on any atom is -0.497 e. The van der Waals surface area contributed by atoms with Gasteiger partial charge in [-0.05, 0) is 55.5 Å². The smallest absolute Gasteiger partial charge is 0.269 e. The molecule has 0 aliphatic carbocycles. The summed E-state index contributed by atoms with van der Waals surface area (Å²) in [5, 5.41) is 2.50. The molecular weight excluding hydrogens is 326 g/mol. The van der Waals surface area contributed by atoms with Gasteiger partial charge >= 0.3 is 0 Å². The number of aryl methyl sites for hydroxylation is 1. The van der Waals surface area contributed by atoms with Crippen molar-refractivity contribution in [3.63, 3.8) is 0 Å². The lowest BCUT2D eigenvalue weighted by Crippen LogP contribution is -2.48. The summed E-state index contributed by atoms with van der Waals surface area (Å²) < 4.78 is 5.03. The maximum Gasteiger partial charge on any atom is 0.269 e. The number of ether oxygens (including phenoxy) is 1. The Morgan fingerprint density at radius 2 is 1.67 bits per heavy atom. The molecule has 0 aliphatic rings. The van der Waals surface area contributed by atoms with Gasteiger partial charge in [0.05, 0.1) is 7.11 Å². The van der Waals surface area contributed by atoms with Crippen LogP contribution < -0.4 is 20.9 Å². The fourth-order valence-corrected chi connectivity index (χ4v) is 2.06. The van der Waals surface area contributed by atoms with Crippen LogP contribution in [-0.2, 0) is 0 Å². The molecule has 0 heterocycles. The average molecular weight is 343 g/mol. The number of benzene rings is 2. The summed E-state index contributed by atoms with van der Waals surface area (Å²) in [7, 11) is 1.55. The summed E-state index contributed by atoms with van der Waals surface area (Å²) in [6, 6.07) is 13.7. The van der Waals surface area contributed by atoms with Crippen molar-refractivity contribution in [1.29, 1.82) is 0 Å². The molecule has 0 radical (unpaired) electrons. The number of amides is 2. The summed E-state index contributed by atoms with van der Waals surface area (Å²) >= 11 is 4.99. The first-order valence-electron chi connectivity index (χ1n) is 7.12. The number of hydrogen-bond donors (Lipinski definition) is 3. The van der Waals surface area contributed by atoms with E-state index in [-0.39, 0.29) is 16.9 Å². The lowest BCUT2D eigenvalue weighted by molar-refractivity contribution is 0.0934. The van der Waals surface area contributed by atoms with Gasteiger partial charge in [-0.3, -0.25) is 25.8 Å². The topological polar surface area (TPSA) is 79.5 Å². The Bertz CT molecular complexity index is 760. The normalized spacial score (nSPS) is 9.75. The van der Waals surface area contributed by atoms with Gasteiger partial charge in [-0.1, -0.05) is 17.7 Å². The number of hydrogen-bond acceptors (Lipinski definition) is 4. The van der Waals surface area contributed by atoms with Gasteiger partial charge in [-0.25, -0.2) is 0 Å². The minimum absolute atomic E-state index is 0.00312. The Kier molecular flexibility index (Phi) is 5.86. The Morgan fingerprint density at radius 1 is 0.958 bits per heavy atom. The van der Waals surface area contributed by atoms with E-state index in [0.29, 0.717) is 16.9 Å². The van der Waals surface area contributed by atoms with Crippen LogP contribution in [0.2, 0.25) is 0 Å². The maximum absolute atomic E-state index is 12.0. The Labute approximate surface area is 145 Å². The monoisotopic (exact) mass is 343 g/mol. The van der Waals surface area contributed by atoms with Crippen LogP contribution in [0.25, 0.3) is 0 Å². The molecule has 0 atom stereocenters. The maximum atomic E-state index is 12.0. The standard InChI is InChI=1S/C17H17N3O3S/c1-11-4-3-5-13(10-11)15(21)18-17(24)20-19-16(22)12-6-8-14(23-2)9-7-12/h3-10H,1-2H3,(H,19,22)(H2,18,20,21,24). The minimum atomic E-state index is -0.384. The fourth-order valence-electron chi connectivity index (χ4n) is 1.92. The fraction of sp³-hybridized carbons (Fsp3) is 0.118. The number of nitrogens with one attached hydrogen (secondary N) is 3. The van der Waals surface area contributed by atoms with Crippen LogP contribution in [0.3, 0.4) is 0 Å². The molecule has 0 fully saturated rings. The highest BCUT2D eigenvalue weighted by Crippen LogP contribution is 2.10. The molecule has 0 spiro atoms.